The van der Waals surface area contributed by atoms with Gasteiger partial charge in [-0.05, 0) is 19.8 Å². The number of carbonyl (C=O) groups excluding carboxylic acids is 1. The van der Waals surface area contributed by atoms with E-state index in [0.29, 0.717) is 12.8 Å². The molecule has 0 spiro atoms. The summed E-state index contributed by atoms with van der Waals surface area (Å²) in [5, 5.41) is 20.1. The molecule has 3 N–H and O–H groups in total. The molecule has 0 aromatic carbocycles. The zero-order chi connectivity index (χ0) is 15.5. The fourth-order valence-electron chi connectivity index (χ4n) is 2.49. The Kier molecular flexibility index (Phi) is 5.38. The zero-order valence-corrected chi connectivity index (χ0v) is 11.0. The van der Waals surface area contributed by atoms with Gasteiger partial charge in [0.1, 0.15) is 0 Å². The first-order chi connectivity index (χ1) is 9.14. The van der Waals surface area contributed by atoms with Crippen molar-refractivity contribution in [1.29, 1.82) is 0 Å². The fraction of sp³-hybridized carbons (Fsp3) is 0.833. The van der Waals surface area contributed by atoms with Crippen molar-refractivity contribution in [3.63, 3.8) is 0 Å². The molecule has 1 saturated carbocycles. The average Bonchev–Trinajstić information content (AvgIpc) is 2.33. The van der Waals surface area contributed by atoms with Gasteiger partial charge in [0.25, 0.3) is 0 Å². The molecule has 4 atom stereocenters. The first kappa shape index (κ1) is 16.7. The lowest BCUT2D eigenvalue weighted by molar-refractivity contribution is -0.198. The van der Waals surface area contributed by atoms with Crippen molar-refractivity contribution in [2.45, 2.75) is 50.9 Å². The van der Waals surface area contributed by atoms with E-state index in [1.165, 1.54) is 0 Å². The molecule has 1 amide bonds. The van der Waals surface area contributed by atoms with E-state index in [4.69, 9.17) is 5.11 Å². The molecular formula is C12H18F3NO4. The van der Waals surface area contributed by atoms with E-state index < -0.39 is 42.0 Å². The van der Waals surface area contributed by atoms with Crippen LogP contribution in [0.4, 0.5) is 13.2 Å². The quantitative estimate of drug-likeness (QED) is 0.730. The molecule has 2 unspecified atom stereocenters. The Morgan fingerprint density at radius 2 is 1.80 bits per heavy atom. The number of aliphatic carboxylic acids is 1. The van der Waals surface area contributed by atoms with Crippen molar-refractivity contribution >= 4 is 11.9 Å². The van der Waals surface area contributed by atoms with Gasteiger partial charge in [0.2, 0.25) is 5.91 Å². The Bertz CT molecular complexity index is 370. The molecule has 0 aromatic rings. The first-order valence-electron chi connectivity index (χ1n) is 6.42. The third-order valence-electron chi connectivity index (χ3n) is 3.57. The Hall–Kier alpha value is -1.31. The summed E-state index contributed by atoms with van der Waals surface area (Å²) in [6.45, 7) is 1.15. The average molecular weight is 297 g/mol. The van der Waals surface area contributed by atoms with Crippen molar-refractivity contribution in [1.82, 2.24) is 5.32 Å². The number of carboxylic acid groups (broad SMARTS) is 1. The number of hydrogen-bond donors (Lipinski definition) is 3. The second-order valence-electron chi connectivity index (χ2n) is 5.10. The van der Waals surface area contributed by atoms with Gasteiger partial charge in [-0.1, -0.05) is 12.8 Å². The number of hydrogen-bond acceptors (Lipinski definition) is 3. The van der Waals surface area contributed by atoms with E-state index >= 15 is 0 Å². The molecule has 0 saturated heterocycles. The summed E-state index contributed by atoms with van der Waals surface area (Å²) in [7, 11) is 0. The lowest BCUT2D eigenvalue weighted by Gasteiger charge is -2.33. The second kappa shape index (κ2) is 6.43. The van der Waals surface area contributed by atoms with Crippen LogP contribution >= 0.6 is 0 Å². The van der Waals surface area contributed by atoms with Crippen molar-refractivity contribution in [3.05, 3.63) is 0 Å². The maximum absolute atomic E-state index is 12.9. The van der Waals surface area contributed by atoms with Crippen LogP contribution in [0.3, 0.4) is 0 Å². The topological polar surface area (TPSA) is 86.6 Å². The molecule has 1 fully saturated rings. The number of rotatable bonds is 4. The SMILES string of the molecule is C[C@@H](O)[C@H](NC(=O)C1CCCCC1C(F)(F)F)C(=O)O. The molecule has 1 aliphatic carbocycles. The van der Waals surface area contributed by atoms with Crippen LogP contribution in [0.1, 0.15) is 32.6 Å². The summed E-state index contributed by atoms with van der Waals surface area (Å²) in [5.74, 6) is -5.47. The molecule has 1 aliphatic rings. The summed E-state index contributed by atoms with van der Waals surface area (Å²) < 4.78 is 38.6. The van der Waals surface area contributed by atoms with Crippen molar-refractivity contribution < 1.29 is 33.0 Å². The zero-order valence-electron chi connectivity index (χ0n) is 11.0. The molecular weight excluding hydrogens is 279 g/mol. The van der Waals surface area contributed by atoms with Gasteiger partial charge in [-0.15, -0.1) is 0 Å². The van der Waals surface area contributed by atoms with Gasteiger partial charge in [-0.2, -0.15) is 13.2 Å². The smallest absolute Gasteiger partial charge is 0.392 e. The molecule has 8 heteroatoms. The van der Waals surface area contributed by atoms with Gasteiger partial charge in [0.05, 0.1) is 12.0 Å². The van der Waals surface area contributed by atoms with Gasteiger partial charge in [0, 0.05) is 5.92 Å². The highest BCUT2D eigenvalue weighted by atomic mass is 19.4. The van der Waals surface area contributed by atoms with Crippen LogP contribution in [-0.2, 0) is 9.59 Å². The molecule has 1 rings (SSSR count). The molecule has 5 nitrogen and oxygen atoms in total. The van der Waals surface area contributed by atoms with Crippen LogP contribution in [0, 0.1) is 11.8 Å². The Morgan fingerprint density at radius 1 is 1.25 bits per heavy atom. The number of amides is 1. The van der Waals surface area contributed by atoms with E-state index in [-0.39, 0.29) is 12.8 Å². The van der Waals surface area contributed by atoms with Crippen LogP contribution in [-0.4, -0.2) is 40.4 Å². The summed E-state index contributed by atoms with van der Waals surface area (Å²) in [6.07, 6.45) is -5.03. The van der Waals surface area contributed by atoms with E-state index in [1.54, 1.807) is 0 Å². The third-order valence-corrected chi connectivity index (χ3v) is 3.57. The number of halogens is 3. The minimum absolute atomic E-state index is 0.0716. The predicted octanol–water partition coefficient (Wildman–Crippen LogP) is 1.31. The minimum Gasteiger partial charge on any atom is -0.480 e. The normalized spacial score (nSPS) is 26.6. The fourth-order valence-corrected chi connectivity index (χ4v) is 2.49. The van der Waals surface area contributed by atoms with Crippen molar-refractivity contribution in [3.8, 4) is 0 Å². The number of aliphatic hydroxyl groups is 1. The van der Waals surface area contributed by atoms with Gasteiger partial charge < -0.3 is 15.5 Å². The van der Waals surface area contributed by atoms with Crippen LogP contribution in [0.15, 0.2) is 0 Å². The summed E-state index contributed by atoms with van der Waals surface area (Å²) in [5.41, 5.74) is 0. The first-order valence-corrected chi connectivity index (χ1v) is 6.42. The molecule has 116 valence electrons. The van der Waals surface area contributed by atoms with E-state index in [1.807, 2.05) is 5.32 Å². The highest BCUT2D eigenvalue weighted by Gasteiger charge is 2.48. The standard InChI is InChI=1S/C12H18F3NO4/c1-6(17)9(11(19)20)16-10(18)7-4-2-3-5-8(7)12(13,14)15/h6-9,17H,2-5H2,1H3,(H,16,18)(H,19,20)/t6-,7?,8?,9+/m1/s1. The van der Waals surface area contributed by atoms with Crippen LogP contribution < -0.4 is 5.32 Å². The second-order valence-corrected chi connectivity index (χ2v) is 5.10. The van der Waals surface area contributed by atoms with Crippen LogP contribution in [0.2, 0.25) is 0 Å². The van der Waals surface area contributed by atoms with Gasteiger partial charge in [0.15, 0.2) is 6.04 Å². The molecule has 20 heavy (non-hydrogen) atoms. The number of carbonyl (C=O) groups is 2. The minimum atomic E-state index is -4.48. The van der Waals surface area contributed by atoms with Crippen molar-refractivity contribution in [2.24, 2.45) is 11.8 Å². The molecule has 0 heterocycles. The Morgan fingerprint density at radius 3 is 2.25 bits per heavy atom. The lowest BCUT2D eigenvalue weighted by Crippen LogP contribution is -2.52. The van der Waals surface area contributed by atoms with Crippen LogP contribution in [0.25, 0.3) is 0 Å². The highest BCUT2D eigenvalue weighted by molar-refractivity contribution is 5.85. The molecule has 0 aliphatic heterocycles. The number of carboxylic acids is 1. The molecule has 0 radical (unpaired) electrons. The van der Waals surface area contributed by atoms with Crippen LogP contribution in [0.5, 0.6) is 0 Å². The Balaban J connectivity index is 2.80. The molecule has 0 bridgehead atoms. The summed E-state index contributed by atoms with van der Waals surface area (Å²) in [4.78, 5) is 22.7. The maximum atomic E-state index is 12.9. The third kappa shape index (κ3) is 4.09. The van der Waals surface area contributed by atoms with E-state index in [9.17, 15) is 27.9 Å². The van der Waals surface area contributed by atoms with Gasteiger partial charge >= 0.3 is 12.1 Å². The summed E-state index contributed by atoms with van der Waals surface area (Å²) in [6, 6.07) is -1.60. The highest BCUT2D eigenvalue weighted by Crippen LogP contribution is 2.41. The number of alkyl halides is 3. The monoisotopic (exact) mass is 297 g/mol. The van der Waals surface area contributed by atoms with Gasteiger partial charge in [-0.25, -0.2) is 4.79 Å². The van der Waals surface area contributed by atoms with Gasteiger partial charge in [-0.3, -0.25) is 4.79 Å². The summed E-state index contributed by atoms with van der Waals surface area (Å²) >= 11 is 0. The van der Waals surface area contributed by atoms with E-state index in [0.717, 1.165) is 6.92 Å². The molecule has 0 aromatic heterocycles. The van der Waals surface area contributed by atoms with E-state index in [2.05, 4.69) is 0 Å². The number of aliphatic hydroxyl groups excluding tert-OH is 1. The lowest BCUT2D eigenvalue weighted by atomic mass is 9.78. The van der Waals surface area contributed by atoms with Crippen molar-refractivity contribution in [2.75, 3.05) is 0 Å². The maximum Gasteiger partial charge on any atom is 0.392 e. The number of nitrogens with one attached hydrogen (secondary N) is 1. The Labute approximate surface area is 114 Å². The predicted molar refractivity (Wildman–Crippen MR) is 62.8 cm³/mol. The largest absolute Gasteiger partial charge is 0.480 e.